The van der Waals surface area contributed by atoms with Crippen LogP contribution in [0, 0.1) is 0 Å². The molecule has 0 saturated carbocycles. The van der Waals surface area contributed by atoms with Gasteiger partial charge in [0.05, 0.1) is 13.2 Å². The van der Waals surface area contributed by atoms with Crippen molar-refractivity contribution in [3.05, 3.63) is 0 Å². The Bertz CT molecular complexity index is 151. The molecule has 0 spiro atoms. The molecular weight excluding hydrogens is 188 g/mol. The normalized spacial score (nSPS) is 26.0. The number of unbranched alkanes of at least 4 members (excludes halogenated alkanes) is 5. The fourth-order valence-corrected chi connectivity index (χ4v) is 2.04. The van der Waals surface area contributed by atoms with Crippen LogP contribution in [0.4, 0.5) is 0 Å². The van der Waals surface area contributed by atoms with Gasteiger partial charge in [0, 0.05) is 6.42 Å². The molecule has 0 aromatic heterocycles. The van der Waals surface area contributed by atoms with Gasteiger partial charge >= 0.3 is 0 Å². The number of ether oxygens (including phenoxy) is 2. The van der Waals surface area contributed by atoms with Gasteiger partial charge in [-0.3, -0.25) is 0 Å². The maximum Gasteiger partial charge on any atom is 0.165 e. The second-order valence-electron chi connectivity index (χ2n) is 4.70. The van der Waals surface area contributed by atoms with Gasteiger partial charge in [-0.25, -0.2) is 0 Å². The van der Waals surface area contributed by atoms with E-state index in [-0.39, 0.29) is 5.79 Å². The summed E-state index contributed by atoms with van der Waals surface area (Å²) < 4.78 is 11.3. The lowest BCUT2D eigenvalue weighted by molar-refractivity contribution is -0.197. The van der Waals surface area contributed by atoms with Crippen molar-refractivity contribution in [3.8, 4) is 0 Å². The molecule has 90 valence electrons. The van der Waals surface area contributed by atoms with E-state index in [2.05, 4.69) is 13.8 Å². The zero-order chi connectivity index (χ0) is 11.0. The zero-order valence-corrected chi connectivity index (χ0v) is 10.4. The standard InChI is InChI=1S/C13H26O2/c1-3-4-5-6-7-8-11-14-13(2)10-9-12-15-13/h3-12H2,1-2H3. The van der Waals surface area contributed by atoms with Gasteiger partial charge in [-0.15, -0.1) is 0 Å². The lowest BCUT2D eigenvalue weighted by atomic mass is 10.1. The molecule has 1 rings (SSSR count). The quantitative estimate of drug-likeness (QED) is 0.571. The van der Waals surface area contributed by atoms with Crippen LogP contribution in [0.1, 0.15) is 65.2 Å². The maximum absolute atomic E-state index is 5.77. The average molecular weight is 214 g/mol. The Balaban J connectivity index is 1.88. The van der Waals surface area contributed by atoms with E-state index in [1.807, 2.05) is 0 Å². The first kappa shape index (κ1) is 13.0. The van der Waals surface area contributed by atoms with E-state index in [1.54, 1.807) is 0 Å². The van der Waals surface area contributed by atoms with Crippen molar-refractivity contribution < 1.29 is 9.47 Å². The number of rotatable bonds is 8. The molecule has 0 amide bonds. The molecule has 15 heavy (non-hydrogen) atoms. The van der Waals surface area contributed by atoms with Gasteiger partial charge in [0.1, 0.15) is 0 Å². The molecule has 1 saturated heterocycles. The van der Waals surface area contributed by atoms with E-state index in [0.29, 0.717) is 0 Å². The Morgan fingerprint density at radius 2 is 1.87 bits per heavy atom. The van der Waals surface area contributed by atoms with Gasteiger partial charge in [-0.1, -0.05) is 39.0 Å². The molecule has 0 aromatic rings. The van der Waals surface area contributed by atoms with E-state index >= 15 is 0 Å². The second-order valence-corrected chi connectivity index (χ2v) is 4.70. The SMILES string of the molecule is CCCCCCCCOC1(C)CCCO1. The van der Waals surface area contributed by atoms with Crippen LogP contribution in [-0.2, 0) is 9.47 Å². The van der Waals surface area contributed by atoms with Crippen LogP contribution < -0.4 is 0 Å². The minimum absolute atomic E-state index is 0.260. The zero-order valence-electron chi connectivity index (χ0n) is 10.4. The summed E-state index contributed by atoms with van der Waals surface area (Å²) in [5, 5.41) is 0. The van der Waals surface area contributed by atoms with E-state index in [0.717, 1.165) is 26.1 Å². The number of hydrogen-bond donors (Lipinski definition) is 0. The van der Waals surface area contributed by atoms with Crippen molar-refractivity contribution in [3.63, 3.8) is 0 Å². The van der Waals surface area contributed by atoms with E-state index in [4.69, 9.17) is 9.47 Å². The highest BCUT2D eigenvalue weighted by Crippen LogP contribution is 2.26. The van der Waals surface area contributed by atoms with Crippen LogP contribution in [0.25, 0.3) is 0 Å². The molecule has 2 heteroatoms. The topological polar surface area (TPSA) is 18.5 Å². The fraction of sp³-hybridized carbons (Fsp3) is 1.00. The van der Waals surface area contributed by atoms with Crippen LogP contribution in [0.3, 0.4) is 0 Å². The molecule has 0 bridgehead atoms. The van der Waals surface area contributed by atoms with Gasteiger partial charge < -0.3 is 9.47 Å². The predicted octanol–water partition coefficient (Wildman–Crippen LogP) is 3.89. The molecule has 1 heterocycles. The highest BCUT2D eigenvalue weighted by atomic mass is 16.7. The molecule has 0 radical (unpaired) electrons. The molecule has 1 atom stereocenters. The summed E-state index contributed by atoms with van der Waals surface area (Å²) in [5.74, 6) is -0.260. The van der Waals surface area contributed by atoms with Crippen molar-refractivity contribution in [2.75, 3.05) is 13.2 Å². The Morgan fingerprint density at radius 1 is 1.13 bits per heavy atom. The summed E-state index contributed by atoms with van der Waals surface area (Å²) in [5.41, 5.74) is 0. The van der Waals surface area contributed by atoms with Gasteiger partial charge in [0.15, 0.2) is 5.79 Å². The minimum atomic E-state index is -0.260. The van der Waals surface area contributed by atoms with Crippen molar-refractivity contribution in [1.82, 2.24) is 0 Å². The van der Waals surface area contributed by atoms with E-state index in [1.165, 1.54) is 38.5 Å². The third-order valence-corrected chi connectivity index (χ3v) is 3.09. The first-order valence-corrected chi connectivity index (χ1v) is 6.55. The molecule has 1 unspecified atom stereocenters. The maximum atomic E-state index is 5.77. The highest BCUT2D eigenvalue weighted by Gasteiger charge is 2.29. The molecule has 1 fully saturated rings. The minimum Gasteiger partial charge on any atom is -0.350 e. The van der Waals surface area contributed by atoms with Crippen molar-refractivity contribution in [1.29, 1.82) is 0 Å². The summed E-state index contributed by atoms with van der Waals surface area (Å²) >= 11 is 0. The number of hydrogen-bond acceptors (Lipinski definition) is 2. The summed E-state index contributed by atoms with van der Waals surface area (Å²) in [6.45, 7) is 6.05. The van der Waals surface area contributed by atoms with Crippen molar-refractivity contribution in [2.45, 2.75) is 71.0 Å². The average Bonchev–Trinajstić information content (AvgIpc) is 2.64. The molecule has 1 aliphatic rings. The Kier molecular flexibility index (Phi) is 6.26. The van der Waals surface area contributed by atoms with E-state index < -0.39 is 0 Å². The van der Waals surface area contributed by atoms with Crippen LogP contribution in [0.15, 0.2) is 0 Å². The van der Waals surface area contributed by atoms with Crippen LogP contribution in [0.2, 0.25) is 0 Å². The molecule has 0 aromatic carbocycles. The third kappa shape index (κ3) is 5.53. The van der Waals surface area contributed by atoms with Crippen molar-refractivity contribution >= 4 is 0 Å². The lowest BCUT2D eigenvalue weighted by Crippen LogP contribution is -2.27. The van der Waals surface area contributed by atoms with Gasteiger partial charge in [0.25, 0.3) is 0 Å². The van der Waals surface area contributed by atoms with Crippen LogP contribution in [0.5, 0.6) is 0 Å². The monoisotopic (exact) mass is 214 g/mol. The fourth-order valence-electron chi connectivity index (χ4n) is 2.04. The van der Waals surface area contributed by atoms with Crippen molar-refractivity contribution in [2.24, 2.45) is 0 Å². The largest absolute Gasteiger partial charge is 0.350 e. The second kappa shape index (κ2) is 7.24. The first-order chi connectivity index (χ1) is 7.27. The van der Waals surface area contributed by atoms with Gasteiger partial charge in [0.2, 0.25) is 0 Å². The first-order valence-electron chi connectivity index (χ1n) is 6.55. The molecule has 1 aliphatic heterocycles. The van der Waals surface area contributed by atoms with Crippen LogP contribution in [-0.4, -0.2) is 19.0 Å². The third-order valence-electron chi connectivity index (χ3n) is 3.09. The Hall–Kier alpha value is -0.0800. The van der Waals surface area contributed by atoms with Gasteiger partial charge in [-0.2, -0.15) is 0 Å². The molecule has 2 nitrogen and oxygen atoms in total. The van der Waals surface area contributed by atoms with Crippen LogP contribution >= 0.6 is 0 Å². The molecule has 0 N–H and O–H groups in total. The lowest BCUT2D eigenvalue weighted by Gasteiger charge is -2.23. The summed E-state index contributed by atoms with van der Waals surface area (Å²) in [6.07, 6.45) is 10.1. The summed E-state index contributed by atoms with van der Waals surface area (Å²) in [4.78, 5) is 0. The smallest absolute Gasteiger partial charge is 0.165 e. The summed E-state index contributed by atoms with van der Waals surface area (Å²) in [6, 6.07) is 0. The van der Waals surface area contributed by atoms with E-state index in [9.17, 15) is 0 Å². The van der Waals surface area contributed by atoms with Gasteiger partial charge in [-0.05, 0) is 19.8 Å². The Morgan fingerprint density at radius 3 is 2.53 bits per heavy atom. The summed E-state index contributed by atoms with van der Waals surface area (Å²) in [7, 11) is 0. The highest BCUT2D eigenvalue weighted by molar-refractivity contribution is 4.69. The molecule has 0 aliphatic carbocycles. The predicted molar refractivity (Wildman–Crippen MR) is 62.9 cm³/mol. The molecular formula is C13H26O2. The Labute approximate surface area is 94.3 Å².